The summed E-state index contributed by atoms with van der Waals surface area (Å²) in [6, 6.07) is -0.873. The van der Waals surface area contributed by atoms with Crippen molar-refractivity contribution in [1.82, 2.24) is 14.7 Å². The zero-order valence-corrected chi connectivity index (χ0v) is 14.5. The Morgan fingerprint density at radius 1 is 1.29 bits per heavy atom. The van der Waals surface area contributed by atoms with Crippen LogP contribution in [0.3, 0.4) is 0 Å². The number of nitrogens with zero attached hydrogens (tertiary/aromatic N) is 3. The minimum Gasteiger partial charge on any atom is -0.337 e. The molecule has 2 heterocycles. The Hall–Kier alpha value is -1.93. The first-order chi connectivity index (χ1) is 10.9. The van der Waals surface area contributed by atoms with Gasteiger partial charge in [-0.1, -0.05) is 13.0 Å². The van der Waals surface area contributed by atoms with Gasteiger partial charge in [-0.3, -0.25) is 19.3 Å². The summed E-state index contributed by atoms with van der Waals surface area (Å²) in [7, 11) is 0. The SMILES string of the molecule is C=CCN1C(=O)C(=O)N(CC(=O)N2CCC(C)CC2CN)C1=O.Cl. The van der Waals surface area contributed by atoms with Gasteiger partial charge in [0.15, 0.2) is 0 Å². The smallest absolute Gasteiger partial charge is 0.335 e. The molecular weight excluding hydrogens is 336 g/mol. The topological polar surface area (TPSA) is 104 Å². The molecule has 9 heteroatoms. The van der Waals surface area contributed by atoms with Gasteiger partial charge in [0.1, 0.15) is 6.54 Å². The second kappa shape index (κ2) is 8.25. The molecule has 0 radical (unpaired) electrons. The number of hydrogen-bond donors (Lipinski definition) is 1. The first-order valence-electron chi connectivity index (χ1n) is 7.68. The van der Waals surface area contributed by atoms with Crippen LogP contribution in [0, 0.1) is 5.92 Å². The number of amides is 5. The minimum absolute atomic E-state index is 0. The second-order valence-electron chi connectivity index (χ2n) is 5.98. The van der Waals surface area contributed by atoms with Crippen molar-refractivity contribution in [1.29, 1.82) is 0 Å². The zero-order valence-electron chi connectivity index (χ0n) is 13.6. The number of likely N-dealkylation sites (tertiary alicyclic amines) is 1. The first-order valence-corrected chi connectivity index (χ1v) is 7.68. The third-order valence-corrected chi connectivity index (χ3v) is 4.31. The molecule has 2 atom stereocenters. The van der Waals surface area contributed by atoms with E-state index in [0.717, 1.165) is 17.7 Å². The van der Waals surface area contributed by atoms with Crippen molar-refractivity contribution in [2.24, 2.45) is 11.7 Å². The van der Waals surface area contributed by atoms with E-state index < -0.39 is 24.4 Å². The number of urea groups is 1. The predicted molar refractivity (Wildman–Crippen MR) is 89.2 cm³/mol. The van der Waals surface area contributed by atoms with Crippen molar-refractivity contribution in [2.75, 3.05) is 26.2 Å². The van der Waals surface area contributed by atoms with E-state index in [1.807, 2.05) is 0 Å². The quantitative estimate of drug-likeness (QED) is 0.422. The molecule has 0 spiro atoms. The van der Waals surface area contributed by atoms with Crippen LogP contribution in [0.15, 0.2) is 12.7 Å². The second-order valence-corrected chi connectivity index (χ2v) is 5.98. The monoisotopic (exact) mass is 358 g/mol. The predicted octanol–water partition coefficient (Wildman–Crippen LogP) is -0.0292. The fourth-order valence-corrected chi connectivity index (χ4v) is 3.01. The van der Waals surface area contributed by atoms with E-state index in [0.29, 0.717) is 23.9 Å². The van der Waals surface area contributed by atoms with Crippen LogP contribution in [0.2, 0.25) is 0 Å². The van der Waals surface area contributed by atoms with Gasteiger partial charge in [0.2, 0.25) is 5.91 Å². The number of carbonyl (C=O) groups excluding carboxylic acids is 4. The molecule has 24 heavy (non-hydrogen) atoms. The Balaban J connectivity index is 0.00000288. The Morgan fingerprint density at radius 3 is 2.50 bits per heavy atom. The number of carbonyl (C=O) groups is 4. The molecule has 2 aliphatic rings. The Bertz CT molecular complexity index is 554. The molecule has 2 unspecified atom stereocenters. The number of piperidine rings is 1. The zero-order chi connectivity index (χ0) is 17.1. The van der Waals surface area contributed by atoms with Gasteiger partial charge in [-0.05, 0) is 18.8 Å². The lowest BCUT2D eigenvalue weighted by Crippen LogP contribution is -2.52. The average molecular weight is 359 g/mol. The van der Waals surface area contributed by atoms with E-state index in [-0.39, 0.29) is 30.9 Å². The van der Waals surface area contributed by atoms with Crippen LogP contribution in [0.1, 0.15) is 19.8 Å². The number of nitrogens with two attached hydrogens (primary N) is 1. The van der Waals surface area contributed by atoms with Gasteiger partial charge in [-0.15, -0.1) is 19.0 Å². The summed E-state index contributed by atoms with van der Waals surface area (Å²) < 4.78 is 0. The molecule has 0 bridgehead atoms. The van der Waals surface area contributed by atoms with Crippen molar-refractivity contribution >= 4 is 36.2 Å². The van der Waals surface area contributed by atoms with E-state index in [4.69, 9.17) is 5.73 Å². The van der Waals surface area contributed by atoms with Gasteiger partial charge < -0.3 is 10.6 Å². The third-order valence-electron chi connectivity index (χ3n) is 4.31. The highest BCUT2D eigenvalue weighted by Crippen LogP contribution is 2.22. The fraction of sp³-hybridized carbons (Fsp3) is 0.600. The van der Waals surface area contributed by atoms with Gasteiger partial charge in [-0.25, -0.2) is 9.69 Å². The van der Waals surface area contributed by atoms with Crippen molar-refractivity contribution in [2.45, 2.75) is 25.8 Å². The molecule has 0 aromatic rings. The maximum atomic E-state index is 12.5. The summed E-state index contributed by atoms with van der Waals surface area (Å²) in [5, 5.41) is 0. The summed E-state index contributed by atoms with van der Waals surface area (Å²) in [6.45, 7) is 5.94. The van der Waals surface area contributed by atoms with Crippen LogP contribution in [-0.4, -0.2) is 70.7 Å². The molecule has 0 saturated carbocycles. The molecule has 2 aliphatic heterocycles. The van der Waals surface area contributed by atoms with Crippen LogP contribution in [-0.2, 0) is 14.4 Å². The maximum absolute atomic E-state index is 12.5. The lowest BCUT2D eigenvalue weighted by Gasteiger charge is -2.38. The molecule has 134 valence electrons. The van der Waals surface area contributed by atoms with Gasteiger partial charge in [0.05, 0.1) is 0 Å². The largest absolute Gasteiger partial charge is 0.337 e. The standard InChI is InChI=1S/C15H22N4O4.ClH/c1-3-5-18-13(21)14(22)19(15(18)23)9-12(20)17-6-4-10(2)7-11(17)8-16;/h3,10-11H,1,4-9,16H2,2H3;1H. The summed E-state index contributed by atoms with van der Waals surface area (Å²) in [4.78, 5) is 51.3. The van der Waals surface area contributed by atoms with Crippen LogP contribution >= 0.6 is 12.4 Å². The number of hydrogen-bond acceptors (Lipinski definition) is 5. The minimum atomic E-state index is -0.972. The maximum Gasteiger partial charge on any atom is 0.335 e. The Kier molecular flexibility index (Phi) is 6.92. The van der Waals surface area contributed by atoms with E-state index in [2.05, 4.69) is 13.5 Å². The van der Waals surface area contributed by atoms with E-state index in [1.165, 1.54) is 6.08 Å². The van der Waals surface area contributed by atoms with Gasteiger partial charge in [0, 0.05) is 25.7 Å². The molecular formula is C15H23ClN4O4. The van der Waals surface area contributed by atoms with E-state index >= 15 is 0 Å². The van der Waals surface area contributed by atoms with Crippen molar-refractivity contribution in [3.63, 3.8) is 0 Å². The van der Waals surface area contributed by atoms with Crippen LogP contribution < -0.4 is 5.73 Å². The third kappa shape index (κ3) is 3.76. The highest BCUT2D eigenvalue weighted by molar-refractivity contribution is 6.45. The average Bonchev–Trinajstić information content (AvgIpc) is 2.72. The molecule has 2 N–H and O–H groups in total. The van der Waals surface area contributed by atoms with Crippen LogP contribution in [0.5, 0.6) is 0 Å². The molecule has 0 aromatic carbocycles. The molecule has 5 amide bonds. The molecule has 8 nitrogen and oxygen atoms in total. The summed E-state index contributed by atoms with van der Waals surface area (Å²) in [5.41, 5.74) is 5.73. The molecule has 2 rings (SSSR count). The first kappa shape index (κ1) is 20.1. The van der Waals surface area contributed by atoms with Crippen LogP contribution in [0.4, 0.5) is 4.79 Å². The molecule has 2 fully saturated rings. The lowest BCUT2D eigenvalue weighted by atomic mass is 9.92. The number of rotatable bonds is 5. The van der Waals surface area contributed by atoms with Crippen molar-refractivity contribution in [3.8, 4) is 0 Å². The highest BCUT2D eigenvalue weighted by atomic mass is 35.5. The summed E-state index contributed by atoms with van der Waals surface area (Å²) in [6.07, 6.45) is 3.00. The molecule has 0 aliphatic carbocycles. The summed E-state index contributed by atoms with van der Waals surface area (Å²) >= 11 is 0. The van der Waals surface area contributed by atoms with Gasteiger partial charge >= 0.3 is 17.8 Å². The number of halogens is 1. The molecule has 2 saturated heterocycles. The summed E-state index contributed by atoms with van der Waals surface area (Å²) in [5.74, 6) is -1.78. The number of imide groups is 2. The highest BCUT2D eigenvalue weighted by Gasteiger charge is 2.45. The van der Waals surface area contributed by atoms with Crippen LogP contribution in [0.25, 0.3) is 0 Å². The van der Waals surface area contributed by atoms with E-state index in [9.17, 15) is 19.2 Å². The Labute approximate surface area is 147 Å². The fourth-order valence-electron chi connectivity index (χ4n) is 3.01. The molecule has 0 aromatic heterocycles. The Morgan fingerprint density at radius 2 is 1.92 bits per heavy atom. The normalized spacial score (nSPS) is 24.2. The van der Waals surface area contributed by atoms with Crippen molar-refractivity contribution in [3.05, 3.63) is 12.7 Å². The van der Waals surface area contributed by atoms with Gasteiger partial charge in [0.25, 0.3) is 0 Å². The van der Waals surface area contributed by atoms with E-state index in [1.54, 1.807) is 4.90 Å². The van der Waals surface area contributed by atoms with Crippen molar-refractivity contribution < 1.29 is 19.2 Å². The lowest BCUT2D eigenvalue weighted by molar-refractivity contribution is -0.145. The van der Waals surface area contributed by atoms with Gasteiger partial charge in [-0.2, -0.15) is 0 Å².